The lowest BCUT2D eigenvalue weighted by atomic mass is 9.95. The van der Waals surface area contributed by atoms with Crippen molar-refractivity contribution >= 4 is 22.4 Å². The number of rotatable bonds is 4. The van der Waals surface area contributed by atoms with E-state index in [2.05, 4.69) is 21.6 Å². The summed E-state index contributed by atoms with van der Waals surface area (Å²) < 4.78 is 0. The van der Waals surface area contributed by atoms with Gasteiger partial charge in [0.2, 0.25) is 5.13 Å². The number of anilines is 1. The third kappa shape index (κ3) is 3.57. The highest BCUT2D eigenvalue weighted by Crippen LogP contribution is 2.28. The second kappa shape index (κ2) is 7.24. The maximum absolute atomic E-state index is 12.7. The second-order valence-electron chi connectivity index (χ2n) is 5.76. The molecule has 6 heteroatoms. The summed E-state index contributed by atoms with van der Waals surface area (Å²) in [6.45, 7) is 4.06. The van der Waals surface area contributed by atoms with Crippen molar-refractivity contribution in [2.24, 2.45) is 0 Å². The van der Waals surface area contributed by atoms with Gasteiger partial charge in [0, 0.05) is 17.0 Å². The van der Waals surface area contributed by atoms with Crippen LogP contribution in [0.15, 0.2) is 48.5 Å². The lowest BCUT2D eigenvalue weighted by Crippen LogP contribution is -2.13. The summed E-state index contributed by atoms with van der Waals surface area (Å²) in [5, 5.41) is 21.6. The van der Waals surface area contributed by atoms with Crippen molar-refractivity contribution in [2.75, 3.05) is 5.32 Å². The van der Waals surface area contributed by atoms with E-state index in [1.54, 1.807) is 24.3 Å². The van der Waals surface area contributed by atoms with Gasteiger partial charge >= 0.3 is 0 Å². The van der Waals surface area contributed by atoms with Crippen molar-refractivity contribution in [3.05, 3.63) is 64.7 Å². The van der Waals surface area contributed by atoms with Crippen molar-refractivity contribution in [3.63, 3.8) is 0 Å². The predicted molar refractivity (Wildman–Crippen MR) is 98.5 cm³/mol. The number of hydrogen-bond acceptors (Lipinski definition) is 5. The van der Waals surface area contributed by atoms with E-state index >= 15 is 0 Å². The van der Waals surface area contributed by atoms with Crippen molar-refractivity contribution in [1.82, 2.24) is 10.2 Å². The first-order valence-electron chi connectivity index (χ1n) is 7.83. The fourth-order valence-corrected chi connectivity index (χ4v) is 3.16. The van der Waals surface area contributed by atoms with E-state index in [0.29, 0.717) is 21.8 Å². The van der Waals surface area contributed by atoms with Crippen LogP contribution < -0.4 is 5.32 Å². The van der Waals surface area contributed by atoms with Crippen molar-refractivity contribution < 1.29 is 4.79 Å². The Labute approximate surface area is 150 Å². The van der Waals surface area contributed by atoms with Crippen molar-refractivity contribution in [1.29, 1.82) is 5.26 Å². The van der Waals surface area contributed by atoms with E-state index in [0.717, 1.165) is 10.6 Å². The van der Waals surface area contributed by atoms with Gasteiger partial charge in [0.25, 0.3) is 5.91 Å². The van der Waals surface area contributed by atoms with Crippen LogP contribution in [0.25, 0.3) is 11.1 Å². The van der Waals surface area contributed by atoms with Crippen LogP contribution in [-0.4, -0.2) is 16.1 Å². The molecule has 0 saturated heterocycles. The van der Waals surface area contributed by atoms with Crippen LogP contribution in [0.4, 0.5) is 5.13 Å². The van der Waals surface area contributed by atoms with E-state index in [4.69, 9.17) is 0 Å². The molecule has 0 atom stereocenters. The number of benzene rings is 2. The summed E-state index contributed by atoms with van der Waals surface area (Å²) in [7, 11) is 0. The fraction of sp³-hybridized carbons (Fsp3) is 0.158. The number of amides is 1. The van der Waals surface area contributed by atoms with Gasteiger partial charge in [0.1, 0.15) is 5.01 Å². The Bertz CT molecular complexity index is 956. The zero-order valence-electron chi connectivity index (χ0n) is 13.9. The Morgan fingerprint density at radius 3 is 2.44 bits per heavy atom. The molecule has 1 amide bonds. The largest absolute Gasteiger partial charge is 0.296 e. The number of carbonyl (C=O) groups excluding carboxylic acids is 1. The van der Waals surface area contributed by atoms with Gasteiger partial charge in [-0.3, -0.25) is 10.1 Å². The quantitative estimate of drug-likeness (QED) is 0.755. The van der Waals surface area contributed by atoms with E-state index < -0.39 is 0 Å². The topological polar surface area (TPSA) is 78.7 Å². The highest BCUT2D eigenvalue weighted by atomic mass is 32.1. The average Bonchev–Trinajstić information content (AvgIpc) is 3.10. The molecular formula is C19H16N4OS. The molecule has 1 N–H and O–H groups in total. The summed E-state index contributed by atoms with van der Waals surface area (Å²) in [4.78, 5) is 12.7. The number of nitriles is 1. The van der Waals surface area contributed by atoms with Gasteiger partial charge in [-0.25, -0.2) is 0 Å². The van der Waals surface area contributed by atoms with Gasteiger partial charge in [0.15, 0.2) is 0 Å². The first-order chi connectivity index (χ1) is 12.1. The van der Waals surface area contributed by atoms with Crippen LogP contribution in [-0.2, 0) is 0 Å². The number of nitrogens with zero attached hydrogens (tertiary/aromatic N) is 3. The molecule has 3 aromatic rings. The lowest BCUT2D eigenvalue weighted by molar-refractivity contribution is 0.102. The molecule has 25 heavy (non-hydrogen) atoms. The number of nitrogens with one attached hydrogen (secondary N) is 1. The molecule has 5 nitrogen and oxygen atoms in total. The smallest absolute Gasteiger partial charge is 0.258 e. The molecule has 0 spiro atoms. The summed E-state index contributed by atoms with van der Waals surface area (Å²) in [5.41, 5.74) is 2.47. The molecule has 1 aromatic heterocycles. The van der Waals surface area contributed by atoms with E-state index in [1.165, 1.54) is 11.3 Å². The first-order valence-corrected chi connectivity index (χ1v) is 8.65. The third-order valence-corrected chi connectivity index (χ3v) is 4.80. The van der Waals surface area contributed by atoms with Gasteiger partial charge < -0.3 is 0 Å². The fourth-order valence-electron chi connectivity index (χ4n) is 2.41. The summed E-state index contributed by atoms with van der Waals surface area (Å²) >= 11 is 1.37. The number of aromatic nitrogens is 2. The molecular weight excluding hydrogens is 332 g/mol. The Morgan fingerprint density at radius 2 is 1.76 bits per heavy atom. The van der Waals surface area contributed by atoms with Crippen LogP contribution in [0.5, 0.6) is 0 Å². The molecule has 0 bridgehead atoms. The van der Waals surface area contributed by atoms with E-state index in [-0.39, 0.29) is 11.8 Å². The van der Waals surface area contributed by atoms with Gasteiger partial charge in [-0.1, -0.05) is 61.6 Å². The molecule has 1 heterocycles. The van der Waals surface area contributed by atoms with Gasteiger partial charge in [0.05, 0.1) is 11.6 Å². The molecule has 0 saturated carbocycles. The monoisotopic (exact) mass is 348 g/mol. The van der Waals surface area contributed by atoms with Crippen molar-refractivity contribution in [3.8, 4) is 17.2 Å². The van der Waals surface area contributed by atoms with Crippen LogP contribution in [0.2, 0.25) is 0 Å². The number of hydrogen-bond donors (Lipinski definition) is 1. The van der Waals surface area contributed by atoms with Crippen LogP contribution in [0.3, 0.4) is 0 Å². The van der Waals surface area contributed by atoms with Crippen LogP contribution in [0, 0.1) is 11.3 Å². The zero-order chi connectivity index (χ0) is 17.8. The molecule has 0 aliphatic rings. The molecule has 0 radical (unpaired) electrons. The highest BCUT2D eigenvalue weighted by molar-refractivity contribution is 7.15. The highest BCUT2D eigenvalue weighted by Gasteiger charge is 2.17. The van der Waals surface area contributed by atoms with E-state index in [1.807, 2.05) is 38.1 Å². The number of carbonyl (C=O) groups is 1. The molecule has 124 valence electrons. The van der Waals surface area contributed by atoms with Crippen LogP contribution in [0.1, 0.15) is 40.7 Å². The minimum atomic E-state index is -0.269. The Balaban J connectivity index is 1.95. The normalized spacial score (nSPS) is 10.5. The standard InChI is InChI=1S/C19H16N4OS/c1-12(2)18-22-23-19(25-18)21-17(24)16-10-6-5-9-15(16)14-8-4-3-7-13(14)11-20/h3-10,12H,1-2H3,(H,21,23,24). The Hall–Kier alpha value is -3.04. The maximum atomic E-state index is 12.7. The molecule has 0 unspecified atom stereocenters. The summed E-state index contributed by atoms with van der Waals surface area (Å²) in [5.74, 6) is -0.00672. The second-order valence-corrected chi connectivity index (χ2v) is 6.77. The Morgan fingerprint density at radius 1 is 1.08 bits per heavy atom. The van der Waals surface area contributed by atoms with Crippen molar-refractivity contribution in [2.45, 2.75) is 19.8 Å². The van der Waals surface area contributed by atoms with Gasteiger partial charge in [-0.2, -0.15) is 5.26 Å². The van der Waals surface area contributed by atoms with Crippen LogP contribution >= 0.6 is 11.3 Å². The predicted octanol–water partition coefficient (Wildman–Crippen LogP) is 4.45. The maximum Gasteiger partial charge on any atom is 0.258 e. The molecule has 0 aliphatic heterocycles. The summed E-state index contributed by atoms with van der Waals surface area (Å²) in [6, 6.07) is 16.6. The Kier molecular flexibility index (Phi) is 4.87. The van der Waals surface area contributed by atoms with Gasteiger partial charge in [-0.15, -0.1) is 10.2 Å². The average molecular weight is 348 g/mol. The minimum absolute atomic E-state index is 0.262. The molecule has 3 rings (SSSR count). The first kappa shape index (κ1) is 16.8. The molecule has 2 aromatic carbocycles. The minimum Gasteiger partial charge on any atom is -0.296 e. The third-order valence-electron chi connectivity index (χ3n) is 3.66. The lowest BCUT2D eigenvalue weighted by Gasteiger charge is -2.10. The molecule has 0 aliphatic carbocycles. The SMILES string of the molecule is CC(C)c1nnc(NC(=O)c2ccccc2-c2ccccc2C#N)s1. The summed E-state index contributed by atoms with van der Waals surface area (Å²) in [6.07, 6.45) is 0. The van der Waals surface area contributed by atoms with E-state index in [9.17, 15) is 10.1 Å². The molecule has 0 fully saturated rings. The zero-order valence-corrected chi connectivity index (χ0v) is 14.7. The van der Waals surface area contributed by atoms with Gasteiger partial charge in [-0.05, 0) is 17.7 Å².